The van der Waals surface area contributed by atoms with E-state index < -0.39 is 0 Å². The molecule has 1 heterocycles. The van der Waals surface area contributed by atoms with Gasteiger partial charge < -0.3 is 15.8 Å². The predicted molar refractivity (Wildman–Crippen MR) is 87.7 cm³/mol. The summed E-state index contributed by atoms with van der Waals surface area (Å²) < 4.78 is 5.55. The highest BCUT2D eigenvalue weighted by Crippen LogP contribution is 2.21. The van der Waals surface area contributed by atoms with Crippen LogP contribution in [0.3, 0.4) is 0 Å². The molecule has 0 aliphatic carbocycles. The van der Waals surface area contributed by atoms with Gasteiger partial charge in [0.25, 0.3) is 0 Å². The van der Waals surface area contributed by atoms with Crippen LogP contribution in [0.4, 0.5) is 11.5 Å². The van der Waals surface area contributed by atoms with E-state index in [1.165, 1.54) is 5.56 Å². The number of aromatic nitrogens is 1. The third kappa shape index (κ3) is 4.67. The number of nitrogens with one attached hydrogen (secondary N) is 1. The molecule has 3 N–H and O–H groups in total. The summed E-state index contributed by atoms with van der Waals surface area (Å²) in [5, 5.41) is 3.39. The van der Waals surface area contributed by atoms with Gasteiger partial charge in [-0.25, -0.2) is 0 Å². The molecule has 0 aliphatic heterocycles. The molecule has 2 aromatic rings. The van der Waals surface area contributed by atoms with Crippen LogP contribution in [0.15, 0.2) is 42.5 Å². The van der Waals surface area contributed by atoms with Crippen molar-refractivity contribution in [3.63, 3.8) is 0 Å². The molecule has 0 saturated carbocycles. The van der Waals surface area contributed by atoms with Gasteiger partial charge in [0.1, 0.15) is 5.82 Å². The van der Waals surface area contributed by atoms with Gasteiger partial charge in [-0.2, -0.15) is 4.98 Å². The van der Waals surface area contributed by atoms with Gasteiger partial charge in [-0.05, 0) is 37.5 Å². The normalized spacial score (nSPS) is 11.9. The topological polar surface area (TPSA) is 60.2 Å². The number of nitrogens with two attached hydrogens (primary N) is 1. The average Bonchev–Trinajstić information content (AvgIpc) is 2.48. The molecular weight excluding hydrogens is 262 g/mol. The Hall–Kier alpha value is -2.23. The van der Waals surface area contributed by atoms with Crippen LogP contribution in [0.25, 0.3) is 0 Å². The van der Waals surface area contributed by atoms with E-state index in [4.69, 9.17) is 10.5 Å². The third-order valence-electron chi connectivity index (χ3n) is 3.11. The van der Waals surface area contributed by atoms with E-state index in [9.17, 15) is 0 Å². The first kappa shape index (κ1) is 15.2. The van der Waals surface area contributed by atoms with Crippen LogP contribution >= 0.6 is 0 Å². The van der Waals surface area contributed by atoms with Crippen molar-refractivity contribution in [2.24, 2.45) is 0 Å². The number of pyridine rings is 1. The fraction of sp³-hybridized carbons (Fsp3) is 0.353. The summed E-state index contributed by atoms with van der Waals surface area (Å²) in [5.74, 6) is 1.30. The number of benzene rings is 1. The van der Waals surface area contributed by atoms with E-state index in [0.717, 1.165) is 18.7 Å². The molecule has 1 unspecified atom stereocenters. The average molecular weight is 285 g/mol. The summed E-state index contributed by atoms with van der Waals surface area (Å²) in [5.41, 5.74) is 7.74. The minimum absolute atomic E-state index is 0.280. The van der Waals surface area contributed by atoms with Crippen molar-refractivity contribution in [1.29, 1.82) is 0 Å². The standard InChI is InChI=1S/C17H23N3O/c1-3-11-21-17-15(18)9-10-16(20-17)19-13(2)12-14-7-5-4-6-8-14/h4-10,13H,3,11-12,18H2,1-2H3,(H,19,20). The van der Waals surface area contributed by atoms with Crippen molar-refractivity contribution in [3.8, 4) is 5.88 Å². The molecule has 0 fully saturated rings. The molecule has 21 heavy (non-hydrogen) atoms. The van der Waals surface area contributed by atoms with Crippen molar-refractivity contribution < 1.29 is 4.74 Å². The Labute approximate surface area is 126 Å². The van der Waals surface area contributed by atoms with Crippen LogP contribution < -0.4 is 15.8 Å². The van der Waals surface area contributed by atoms with Crippen molar-refractivity contribution in [3.05, 3.63) is 48.0 Å². The number of rotatable bonds is 7. The van der Waals surface area contributed by atoms with Gasteiger partial charge in [0.15, 0.2) is 0 Å². The molecule has 112 valence electrons. The Morgan fingerprint density at radius 3 is 2.67 bits per heavy atom. The largest absolute Gasteiger partial charge is 0.476 e. The first-order valence-electron chi connectivity index (χ1n) is 7.38. The molecule has 4 nitrogen and oxygen atoms in total. The predicted octanol–water partition coefficient (Wildman–Crippen LogP) is 3.50. The second kappa shape index (κ2) is 7.53. The summed E-state index contributed by atoms with van der Waals surface area (Å²) in [4.78, 5) is 4.43. The second-order valence-corrected chi connectivity index (χ2v) is 5.17. The molecule has 0 bridgehead atoms. The lowest BCUT2D eigenvalue weighted by Gasteiger charge is -2.16. The molecule has 0 amide bonds. The molecule has 1 atom stereocenters. The van der Waals surface area contributed by atoms with Crippen molar-refractivity contribution in [1.82, 2.24) is 4.98 Å². The van der Waals surface area contributed by atoms with E-state index in [1.54, 1.807) is 0 Å². The van der Waals surface area contributed by atoms with Crippen LogP contribution in [0.5, 0.6) is 5.88 Å². The highest BCUT2D eigenvalue weighted by Gasteiger charge is 2.08. The number of anilines is 2. The number of nitrogen functional groups attached to an aromatic ring is 1. The monoisotopic (exact) mass is 285 g/mol. The van der Waals surface area contributed by atoms with Gasteiger partial charge in [-0.3, -0.25) is 0 Å². The fourth-order valence-corrected chi connectivity index (χ4v) is 2.12. The lowest BCUT2D eigenvalue weighted by Crippen LogP contribution is -2.19. The number of hydrogen-bond donors (Lipinski definition) is 2. The summed E-state index contributed by atoms with van der Waals surface area (Å²) in [6, 6.07) is 14.4. The van der Waals surface area contributed by atoms with E-state index in [1.807, 2.05) is 18.2 Å². The van der Waals surface area contributed by atoms with Crippen molar-refractivity contribution in [2.45, 2.75) is 32.7 Å². The highest BCUT2D eigenvalue weighted by molar-refractivity contribution is 5.53. The number of nitrogens with zero attached hydrogens (tertiary/aromatic N) is 1. The number of hydrogen-bond acceptors (Lipinski definition) is 4. The van der Waals surface area contributed by atoms with Gasteiger partial charge in [-0.15, -0.1) is 0 Å². The van der Waals surface area contributed by atoms with E-state index in [0.29, 0.717) is 18.2 Å². The summed E-state index contributed by atoms with van der Waals surface area (Å²) in [6.07, 6.45) is 1.88. The Morgan fingerprint density at radius 1 is 1.19 bits per heavy atom. The smallest absolute Gasteiger partial charge is 0.239 e. The number of ether oxygens (including phenoxy) is 1. The van der Waals surface area contributed by atoms with Gasteiger partial charge in [-0.1, -0.05) is 37.3 Å². The zero-order valence-electron chi connectivity index (χ0n) is 12.7. The first-order chi connectivity index (χ1) is 10.2. The molecule has 4 heteroatoms. The maximum absolute atomic E-state index is 5.87. The molecule has 0 spiro atoms. The lowest BCUT2D eigenvalue weighted by molar-refractivity contribution is 0.307. The first-order valence-corrected chi connectivity index (χ1v) is 7.38. The quantitative estimate of drug-likeness (QED) is 0.817. The molecule has 0 aliphatic rings. The fourth-order valence-electron chi connectivity index (χ4n) is 2.12. The Morgan fingerprint density at radius 2 is 1.95 bits per heavy atom. The van der Waals surface area contributed by atoms with E-state index in [2.05, 4.69) is 48.4 Å². The Balaban J connectivity index is 1.98. The maximum Gasteiger partial charge on any atom is 0.239 e. The highest BCUT2D eigenvalue weighted by atomic mass is 16.5. The molecule has 2 rings (SSSR count). The zero-order valence-corrected chi connectivity index (χ0v) is 12.7. The summed E-state index contributed by atoms with van der Waals surface area (Å²) in [6.45, 7) is 4.82. The van der Waals surface area contributed by atoms with Crippen LogP contribution in [-0.4, -0.2) is 17.6 Å². The van der Waals surface area contributed by atoms with Crippen LogP contribution in [0, 0.1) is 0 Å². The van der Waals surface area contributed by atoms with Gasteiger partial charge >= 0.3 is 0 Å². The third-order valence-corrected chi connectivity index (χ3v) is 3.11. The molecule has 1 aromatic heterocycles. The van der Waals surface area contributed by atoms with Crippen LogP contribution in [0.1, 0.15) is 25.8 Å². The zero-order chi connectivity index (χ0) is 15.1. The lowest BCUT2D eigenvalue weighted by atomic mass is 10.1. The summed E-state index contributed by atoms with van der Waals surface area (Å²) >= 11 is 0. The second-order valence-electron chi connectivity index (χ2n) is 5.17. The maximum atomic E-state index is 5.87. The van der Waals surface area contributed by atoms with Gasteiger partial charge in [0, 0.05) is 6.04 Å². The van der Waals surface area contributed by atoms with Crippen LogP contribution in [-0.2, 0) is 6.42 Å². The molecule has 0 radical (unpaired) electrons. The van der Waals surface area contributed by atoms with Crippen LogP contribution in [0.2, 0.25) is 0 Å². The molecule has 1 aromatic carbocycles. The van der Waals surface area contributed by atoms with E-state index >= 15 is 0 Å². The van der Waals surface area contributed by atoms with E-state index in [-0.39, 0.29) is 6.04 Å². The van der Waals surface area contributed by atoms with Gasteiger partial charge in [0.05, 0.1) is 12.3 Å². The van der Waals surface area contributed by atoms with Crippen molar-refractivity contribution in [2.75, 3.05) is 17.7 Å². The van der Waals surface area contributed by atoms with Crippen molar-refractivity contribution >= 4 is 11.5 Å². The minimum Gasteiger partial charge on any atom is -0.476 e. The molecule has 0 saturated heterocycles. The molecular formula is C17H23N3O. The Kier molecular flexibility index (Phi) is 5.43. The summed E-state index contributed by atoms with van der Waals surface area (Å²) in [7, 11) is 0. The van der Waals surface area contributed by atoms with Gasteiger partial charge in [0.2, 0.25) is 5.88 Å². The minimum atomic E-state index is 0.280. The Bertz CT molecular complexity index is 557. The SMILES string of the molecule is CCCOc1nc(NC(C)Cc2ccccc2)ccc1N.